The summed E-state index contributed by atoms with van der Waals surface area (Å²) in [6.45, 7) is 2.93. The molecule has 1 aliphatic heterocycles. The van der Waals surface area contributed by atoms with Crippen LogP contribution in [0.4, 0.5) is 0 Å². The van der Waals surface area contributed by atoms with Gasteiger partial charge in [0.25, 0.3) is 0 Å². The number of nitrogens with one attached hydrogen (secondary N) is 2. The minimum atomic E-state index is 0.100. The van der Waals surface area contributed by atoms with Crippen LogP contribution in [0, 0.1) is 0 Å². The highest BCUT2D eigenvalue weighted by molar-refractivity contribution is 7.07. The SMILES string of the molecule is O=C(CC1COCCN1)NCCc1ccsc1. The Morgan fingerprint density at radius 1 is 1.65 bits per heavy atom. The standard InChI is InChI=1S/C12H18N2O2S/c15-12(7-11-8-16-5-4-13-11)14-3-1-10-2-6-17-9-10/h2,6,9,11,13H,1,3-5,7-8H2,(H,14,15). The van der Waals surface area contributed by atoms with Crippen LogP contribution in [0.2, 0.25) is 0 Å². The monoisotopic (exact) mass is 254 g/mol. The summed E-state index contributed by atoms with van der Waals surface area (Å²) in [4.78, 5) is 11.6. The number of morpholine rings is 1. The molecule has 1 fully saturated rings. The summed E-state index contributed by atoms with van der Waals surface area (Å²) >= 11 is 1.69. The van der Waals surface area contributed by atoms with E-state index in [-0.39, 0.29) is 11.9 Å². The molecule has 17 heavy (non-hydrogen) atoms. The molecule has 2 N–H and O–H groups in total. The molecule has 1 unspecified atom stereocenters. The van der Waals surface area contributed by atoms with Crippen LogP contribution in [-0.2, 0) is 16.0 Å². The minimum Gasteiger partial charge on any atom is -0.378 e. The maximum Gasteiger partial charge on any atom is 0.221 e. The highest BCUT2D eigenvalue weighted by atomic mass is 32.1. The quantitative estimate of drug-likeness (QED) is 0.816. The molecule has 1 amide bonds. The molecule has 1 aliphatic rings. The fraction of sp³-hybridized carbons (Fsp3) is 0.583. The lowest BCUT2D eigenvalue weighted by atomic mass is 10.2. The van der Waals surface area contributed by atoms with Crippen LogP contribution in [0.3, 0.4) is 0 Å². The van der Waals surface area contributed by atoms with Crippen molar-refractivity contribution in [3.05, 3.63) is 22.4 Å². The molecule has 1 aromatic heterocycles. The minimum absolute atomic E-state index is 0.100. The predicted octanol–water partition coefficient (Wildman–Crippen LogP) is 0.785. The van der Waals surface area contributed by atoms with Crippen LogP contribution in [0.1, 0.15) is 12.0 Å². The van der Waals surface area contributed by atoms with Gasteiger partial charge in [-0.05, 0) is 28.8 Å². The molecule has 0 spiro atoms. The van der Waals surface area contributed by atoms with Gasteiger partial charge in [-0.2, -0.15) is 11.3 Å². The van der Waals surface area contributed by atoms with Crippen molar-refractivity contribution in [1.82, 2.24) is 10.6 Å². The Labute approximate surface area is 105 Å². The van der Waals surface area contributed by atoms with E-state index in [1.807, 2.05) is 0 Å². The lowest BCUT2D eigenvalue weighted by Crippen LogP contribution is -2.44. The molecule has 5 heteroatoms. The lowest BCUT2D eigenvalue weighted by molar-refractivity contribution is -0.122. The second-order valence-electron chi connectivity index (χ2n) is 4.16. The van der Waals surface area contributed by atoms with Gasteiger partial charge in [-0.1, -0.05) is 0 Å². The van der Waals surface area contributed by atoms with Crippen molar-refractivity contribution in [3.63, 3.8) is 0 Å². The molecular weight excluding hydrogens is 236 g/mol. The van der Waals surface area contributed by atoms with Crippen LogP contribution in [-0.4, -0.2) is 38.3 Å². The van der Waals surface area contributed by atoms with Gasteiger partial charge < -0.3 is 15.4 Å². The van der Waals surface area contributed by atoms with Crippen molar-refractivity contribution in [2.24, 2.45) is 0 Å². The first-order chi connectivity index (χ1) is 8.34. The highest BCUT2D eigenvalue weighted by Crippen LogP contribution is 2.05. The van der Waals surface area contributed by atoms with E-state index >= 15 is 0 Å². The molecular formula is C12H18N2O2S. The van der Waals surface area contributed by atoms with E-state index in [9.17, 15) is 4.79 Å². The van der Waals surface area contributed by atoms with Crippen LogP contribution in [0.15, 0.2) is 16.8 Å². The molecule has 0 aliphatic carbocycles. The van der Waals surface area contributed by atoms with E-state index in [1.54, 1.807) is 11.3 Å². The van der Waals surface area contributed by atoms with Crippen molar-refractivity contribution < 1.29 is 9.53 Å². The maximum atomic E-state index is 11.6. The molecule has 94 valence electrons. The summed E-state index contributed by atoms with van der Waals surface area (Å²) < 4.78 is 5.31. The third kappa shape index (κ3) is 4.46. The number of amides is 1. The average molecular weight is 254 g/mol. The Balaban J connectivity index is 1.60. The zero-order valence-corrected chi connectivity index (χ0v) is 10.6. The summed E-state index contributed by atoms with van der Waals surface area (Å²) in [5, 5.41) is 10.4. The molecule has 4 nitrogen and oxygen atoms in total. The Hall–Kier alpha value is -0.910. The van der Waals surface area contributed by atoms with Crippen molar-refractivity contribution in [1.29, 1.82) is 0 Å². The van der Waals surface area contributed by atoms with E-state index in [0.29, 0.717) is 19.6 Å². The molecule has 0 aromatic carbocycles. The van der Waals surface area contributed by atoms with Gasteiger partial charge >= 0.3 is 0 Å². The Bertz CT molecular complexity index is 334. The van der Waals surface area contributed by atoms with E-state index in [0.717, 1.165) is 19.6 Å². The number of carbonyl (C=O) groups is 1. The largest absolute Gasteiger partial charge is 0.378 e. The van der Waals surface area contributed by atoms with Crippen molar-refractivity contribution in [3.8, 4) is 0 Å². The van der Waals surface area contributed by atoms with Crippen molar-refractivity contribution >= 4 is 17.2 Å². The number of hydrogen-bond acceptors (Lipinski definition) is 4. The molecule has 2 heterocycles. The summed E-state index contributed by atoms with van der Waals surface area (Å²) in [6.07, 6.45) is 1.41. The van der Waals surface area contributed by atoms with Gasteiger partial charge in [0.15, 0.2) is 0 Å². The maximum absolute atomic E-state index is 11.6. The number of rotatable bonds is 5. The van der Waals surface area contributed by atoms with Gasteiger partial charge in [0.05, 0.1) is 13.2 Å². The first-order valence-corrected chi connectivity index (χ1v) is 6.88. The van der Waals surface area contributed by atoms with Crippen LogP contribution < -0.4 is 10.6 Å². The van der Waals surface area contributed by atoms with Crippen molar-refractivity contribution in [2.45, 2.75) is 18.9 Å². The fourth-order valence-corrected chi connectivity index (χ4v) is 2.53. The van der Waals surface area contributed by atoms with Gasteiger partial charge in [0, 0.05) is 25.6 Å². The van der Waals surface area contributed by atoms with E-state index < -0.39 is 0 Å². The van der Waals surface area contributed by atoms with E-state index in [2.05, 4.69) is 27.5 Å². The van der Waals surface area contributed by atoms with Gasteiger partial charge in [-0.15, -0.1) is 0 Å². The first kappa shape index (κ1) is 12.5. The molecule has 1 aromatic rings. The predicted molar refractivity (Wildman–Crippen MR) is 68.3 cm³/mol. The highest BCUT2D eigenvalue weighted by Gasteiger charge is 2.16. The molecule has 0 saturated carbocycles. The summed E-state index contributed by atoms with van der Waals surface area (Å²) in [5.41, 5.74) is 1.29. The molecule has 1 saturated heterocycles. The first-order valence-electron chi connectivity index (χ1n) is 5.93. The Kier molecular flexibility index (Phi) is 4.97. The molecule has 0 radical (unpaired) electrons. The number of ether oxygens (including phenoxy) is 1. The summed E-state index contributed by atoms with van der Waals surface area (Å²) in [6, 6.07) is 2.26. The Morgan fingerprint density at radius 2 is 2.59 bits per heavy atom. The normalized spacial score (nSPS) is 20.1. The summed E-state index contributed by atoms with van der Waals surface area (Å²) in [5.74, 6) is 0.100. The molecule has 1 atom stereocenters. The third-order valence-electron chi connectivity index (χ3n) is 2.75. The van der Waals surface area contributed by atoms with Gasteiger partial charge in [0.1, 0.15) is 0 Å². The number of carbonyl (C=O) groups excluding carboxylic acids is 1. The van der Waals surface area contributed by atoms with Crippen LogP contribution in [0.5, 0.6) is 0 Å². The van der Waals surface area contributed by atoms with Gasteiger partial charge in [-0.3, -0.25) is 4.79 Å². The second kappa shape index (κ2) is 6.74. The van der Waals surface area contributed by atoms with Crippen molar-refractivity contribution in [2.75, 3.05) is 26.3 Å². The second-order valence-corrected chi connectivity index (χ2v) is 4.94. The number of thiophene rings is 1. The van der Waals surface area contributed by atoms with Gasteiger partial charge in [-0.25, -0.2) is 0 Å². The fourth-order valence-electron chi connectivity index (χ4n) is 1.83. The van der Waals surface area contributed by atoms with E-state index in [1.165, 1.54) is 5.56 Å². The lowest BCUT2D eigenvalue weighted by Gasteiger charge is -2.23. The number of hydrogen-bond donors (Lipinski definition) is 2. The van der Waals surface area contributed by atoms with E-state index in [4.69, 9.17) is 4.74 Å². The summed E-state index contributed by atoms with van der Waals surface area (Å²) in [7, 11) is 0. The zero-order valence-electron chi connectivity index (χ0n) is 9.78. The Morgan fingerprint density at radius 3 is 3.29 bits per heavy atom. The smallest absolute Gasteiger partial charge is 0.221 e. The molecule has 2 rings (SSSR count). The van der Waals surface area contributed by atoms with Crippen LogP contribution in [0.25, 0.3) is 0 Å². The average Bonchev–Trinajstić information content (AvgIpc) is 2.83. The topological polar surface area (TPSA) is 50.4 Å². The van der Waals surface area contributed by atoms with Gasteiger partial charge in [0.2, 0.25) is 5.91 Å². The van der Waals surface area contributed by atoms with Crippen LogP contribution >= 0.6 is 11.3 Å². The molecule has 0 bridgehead atoms. The zero-order chi connectivity index (χ0) is 11.9. The third-order valence-corrected chi connectivity index (χ3v) is 3.48.